The average molecular weight is 522 g/mol. The van der Waals surface area contributed by atoms with Gasteiger partial charge in [-0.15, -0.1) is 0 Å². The van der Waals surface area contributed by atoms with Gasteiger partial charge in [0.2, 0.25) is 0 Å². The van der Waals surface area contributed by atoms with Crippen molar-refractivity contribution in [1.82, 2.24) is 5.32 Å². The molecule has 0 unspecified atom stereocenters. The summed E-state index contributed by atoms with van der Waals surface area (Å²) in [5.74, 6) is 0.923. The van der Waals surface area contributed by atoms with E-state index in [0.29, 0.717) is 34.0 Å². The third-order valence-corrected chi connectivity index (χ3v) is 6.21. The highest BCUT2D eigenvalue weighted by Gasteiger charge is 2.16. The van der Waals surface area contributed by atoms with Crippen LogP contribution in [0, 0.1) is 6.92 Å². The second-order valence-electron chi connectivity index (χ2n) is 8.99. The number of benzene rings is 2. The third-order valence-electron chi connectivity index (χ3n) is 6.21. The van der Waals surface area contributed by atoms with Crippen molar-refractivity contribution >= 4 is 28.9 Å². The zero-order valence-corrected chi connectivity index (χ0v) is 23.2. The molecule has 200 valence electrons. The highest BCUT2D eigenvalue weighted by atomic mass is 16.5. The summed E-state index contributed by atoms with van der Waals surface area (Å²) in [6, 6.07) is 14.7. The highest BCUT2D eigenvalue weighted by Crippen LogP contribution is 2.23. The summed E-state index contributed by atoms with van der Waals surface area (Å²) in [7, 11) is 0. The molecular weight excluding hydrogens is 486 g/mol. The Kier molecular flexibility index (Phi) is 10.2. The molecular formula is C33H35N3O3. The first-order valence-corrected chi connectivity index (χ1v) is 12.8. The SMILES string of the molecule is C=C(N=C1C=CC=C/C1=C(/C)C(=O)Nc1ccc(C(=O)NC/C(=C/C)O/C(C)=C\C)cc1)c1ccccc1C. The fourth-order valence-corrected chi connectivity index (χ4v) is 3.77. The molecule has 2 N–H and O–H groups in total. The van der Waals surface area contributed by atoms with Crippen LogP contribution in [0.2, 0.25) is 0 Å². The van der Waals surface area contributed by atoms with Gasteiger partial charge in [-0.05, 0) is 82.7 Å². The number of rotatable bonds is 9. The predicted molar refractivity (Wildman–Crippen MR) is 160 cm³/mol. The van der Waals surface area contributed by atoms with Crippen molar-refractivity contribution in [2.24, 2.45) is 4.99 Å². The van der Waals surface area contributed by atoms with Gasteiger partial charge in [0.05, 0.1) is 23.7 Å². The lowest BCUT2D eigenvalue weighted by molar-refractivity contribution is -0.112. The Hall–Kier alpha value is -4.71. The second kappa shape index (κ2) is 13.7. The van der Waals surface area contributed by atoms with Crippen LogP contribution in [0.5, 0.6) is 0 Å². The van der Waals surface area contributed by atoms with E-state index in [0.717, 1.165) is 22.5 Å². The van der Waals surface area contributed by atoms with E-state index in [1.165, 1.54) is 0 Å². The average Bonchev–Trinajstić information content (AvgIpc) is 2.95. The number of carbonyl (C=O) groups is 2. The van der Waals surface area contributed by atoms with Crippen molar-refractivity contribution in [3.63, 3.8) is 0 Å². The number of nitrogens with one attached hydrogen (secondary N) is 2. The molecule has 39 heavy (non-hydrogen) atoms. The predicted octanol–water partition coefficient (Wildman–Crippen LogP) is 7.06. The maximum absolute atomic E-state index is 13.1. The number of hydrogen-bond donors (Lipinski definition) is 2. The van der Waals surface area contributed by atoms with Gasteiger partial charge in [0.1, 0.15) is 5.76 Å². The second-order valence-corrected chi connectivity index (χ2v) is 8.99. The Morgan fingerprint density at radius 3 is 2.33 bits per heavy atom. The van der Waals surface area contributed by atoms with Gasteiger partial charge in [0, 0.05) is 28.0 Å². The van der Waals surface area contributed by atoms with Crippen LogP contribution < -0.4 is 10.6 Å². The van der Waals surface area contributed by atoms with Crippen LogP contribution in [0.3, 0.4) is 0 Å². The van der Waals surface area contributed by atoms with Gasteiger partial charge in [-0.25, -0.2) is 4.99 Å². The van der Waals surface area contributed by atoms with Crippen LogP contribution in [0.1, 0.15) is 49.2 Å². The summed E-state index contributed by atoms with van der Waals surface area (Å²) >= 11 is 0. The van der Waals surface area contributed by atoms with Gasteiger partial charge in [0.15, 0.2) is 0 Å². The molecule has 0 bridgehead atoms. The summed E-state index contributed by atoms with van der Waals surface area (Å²) in [5.41, 5.74) is 5.63. The topological polar surface area (TPSA) is 79.8 Å². The number of hydrogen-bond acceptors (Lipinski definition) is 4. The van der Waals surface area contributed by atoms with Crippen LogP contribution in [0.15, 0.2) is 119 Å². The number of carbonyl (C=O) groups excluding carboxylic acids is 2. The molecule has 1 aliphatic carbocycles. The van der Waals surface area contributed by atoms with Crippen LogP contribution in [-0.4, -0.2) is 24.1 Å². The number of amides is 2. The van der Waals surface area contributed by atoms with Gasteiger partial charge in [-0.2, -0.15) is 0 Å². The first kappa shape index (κ1) is 28.9. The minimum Gasteiger partial charge on any atom is -0.465 e. The number of ether oxygens (including phenoxy) is 1. The van der Waals surface area contributed by atoms with E-state index in [2.05, 4.69) is 17.2 Å². The van der Waals surface area contributed by atoms with Crippen LogP contribution in [0.4, 0.5) is 5.69 Å². The Bertz CT molecular complexity index is 1430. The molecule has 0 heterocycles. The lowest BCUT2D eigenvalue weighted by Crippen LogP contribution is -2.26. The van der Waals surface area contributed by atoms with Gasteiger partial charge in [0.25, 0.3) is 11.8 Å². The fourth-order valence-electron chi connectivity index (χ4n) is 3.77. The Labute approximate surface area is 230 Å². The van der Waals surface area contributed by atoms with Crippen LogP contribution in [0.25, 0.3) is 5.70 Å². The van der Waals surface area contributed by atoms with Crippen molar-refractivity contribution in [3.05, 3.63) is 131 Å². The highest BCUT2D eigenvalue weighted by molar-refractivity contribution is 6.19. The molecule has 2 aromatic rings. The Morgan fingerprint density at radius 1 is 0.974 bits per heavy atom. The van der Waals surface area contributed by atoms with Gasteiger partial charge >= 0.3 is 0 Å². The number of allylic oxidation sites excluding steroid dienone is 8. The number of anilines is 1. The monoisotopic (exact) mass is 521 g/mol. The van der Waals surface area contributed by atoms with E-state index in [1.54, 1.807) is 31.2 Å². The Balaban J connectivity index is 1.69. The molecule has 2 aromatic carbocycles. The van der Waals surface area contributed by atoms with Crippen molar-refractivity contribution < 1.29 is 14.3 Å². The van der Waals surface area contributed by atoms with Crippen molar-refractivity contribution in [3.8, 4) is 0 Å². The van der Waals surface area contributed by atoms with Gasteiger partial charge < -0.3 is 15.4 Å². The molecule has 0 radical (unpaired) electrons. The van der Waals surface area contributed by atoms with E-state index >= 15 is 0 Å². The summed E-state index contributed by atoms with van der Waals surface area (Å²) < 4.78 is 5.66. The van der Waals surface area contributed by atoms with E-state index in [4.69, 9.17) is 9.73 Å². The zero-order chi connectivity index (χ0) is 28.4. The normalized spacial score (nSPS) is 15.7. The van der Waals surface area contributed by atoms with E-state index in [9.17, 15) is 9.59 Å². The Morgan fingerprint density at radius 2 is 1.67 bits per heavy atom. The molecule has 0 aromatic heterocycles. The molecule has 0 atom stereocenters. The first-order chi connectivity index (χ1) is 18.7. The van der Waals surface area contributed by atoms with Gasteiger partial charge in [-0.1, -0.05) is 49.1 Å². The minimum absolute atomic E-state index is 0.235. The van der Waals surface area contributed by atoms with E-state index in [-0.39, 0.29) is 18.4 Å². The molecule has 0 spiro atoms. The molecule has 0 aliphatic heterocycles. The zero-order valence-electron chi connectivity index (χ0n) is 23.2. The maximum Gasteiger partial charge on any atom is 0.251 e. The molecule has 6 nitrogen and oxygen atoms in total. The van der Waals surface area contributed by atoms with Crippen molar-refractivity contribution in [2.75, 3.05) is 11.9 Å². The van der Waals surface area contributed by atoms with Crippen molar-refractivity contribution in [2.45, 2.75) is 34.6 Å². The van der Waals surface area contributed by atoms with Gasteiger partial charge in [-0.3, -0.25) is 9.59 Å². The maximum atomic E-state index is 13.1. The standard InChI is InChI=1S/C33H35N3O3/c1-7-23(4)39-28(8-2)21-34-33(38)26-17-19-27(20-18-26)36-32(37)24(5)30-15-11-12-16-31(30)35-25(6)29-14-10-9-13-22(29)3/h7-20H,6,21H2,1-5H3,(H,34,38)(H,36,37)/b23-7-,28-8-,30-24+,35-31?. The molecule has 2 amide bonds. The molecule has 0 saturated carbocycles. The molecule has 6 heteroatoms. The lowest BCUT2D eigenvalue weighted by atomic mass is 9.98. The largest absolute Gasteiger partial charge is 0.465 e. The number of nitrogens with zero attached hydrogens (tertiary/aromatic N) is 1. The quantitative estimate of drug-likeness (QED) is 0.274. The smallest absolute Gasteiger partial charge is 0.251 e. The number of aryl methyl sites for hydroxylation is 1. The lowest BCUT2D eigenvalue weighted by Gasteiger charge is -2.14. The summed E-state index contributed by atoms with van der Waals surface area (Å²) in [6.45, 7) is 13.8. The minimum atomic E-state index is -0.259. The van der Waals surface area contributed by atoms with E-state index in [1.807, 2.05) is 88.4 Å². The van der Waals surface area contributed by atoms with E-state index < -0.39 is 0 Å². The summed E-state index contributed by atoms with van der Waals surface area (Å²) in [6.07, 6.45) is 11.2. The number of aliphatic imine (C=N–C) groups is 1. The van der Waals surface area contributed by atoms with Crippen LogP contribution in [-0.2, 0) is 9.53 Å². The molecule has 3 rings (SSSR count). The molecule has 0 saturated heterocycles. The third kappa shape index (κ3) is 7.89. The fraction of sp³-hybridized carbons (Fsp3) is 0.182. The summed E-state index contributed by atoms with van der Waals surface area (Å²) in [4.78, 5) is 30.4. The first-order valence-electron chi connectivity index (χ1n) is 12.8. The van der Waals surface area contributed by atoms with Crippen molar-refractivity contribution in [1.29, 1.82) is 0 Å². The van der Waals surface area contributed by atoms with Crippen LogP contribution >= 0.6 is 0 Å². The summed E-state index contributed by atoms with van der Waals surface area (Å²) in [5, 5.41) is 5.76. The molecule has 0 fully saturated rings. The molecule has 1 aliphatic rings.